The zero-order chi connectivity index (χ0) is 20.4. The number of nitrogens with one attached hydrogen (secondary N) is 1. The number of rotatable bonds is 6. The smallest absolute Gasteiger partial charge is 0.272 e. The number of fused-ring (bicyclic) bond motifs is 1. The molecule has 7 heteroatoms. The molecule has 2 aromatic carbocycles. The van der Waals surface area contributed by atoms with Crippen LogP contribution in [0, 0.1) is 0 Å². The summed E-state index contributed by atoms with van der Waals surface area (Å²) in [6.45, 7) is 0. The molecule has 29 heavy (non-hydrogen) atoms. The molecule has 4 rings (SSSR count). The Hall–Kier alpha value is -2.93. The van der Waals surface area contributed by atoms with E-state index >= 15 is 0 Å². The second-order valence-corrected chi connectivity index (χ2v) is 7.67. The number of halogens is 1. The highest BCUT2D eigenvalue weighted by Crippen LogP contribution is 2.40. The summed E-state index contributed by atoms with van der Waals surface area (Å²) in [5.74, 6) is 1.43. The van der Waals surface area contributed by atoms with Gasteiger partial charge >= 0.3 is 0 Å². The van der Waals surface area contributed by atoms with Crippen LogP contribution in [0.4, 0.5) is 0 Å². The molecule has 0 radical (unpaired) electrons. The first-order valence-corrected chi connectivity index (χ1v) is 10.0. The number of para-hydroxylation sites is 1. The number of hydrogen-bond donors (Lipinski definition) is 1. The Labute approximate surface area is 177 Å². The molecule has 1 N–H and O–H groups in total. The van der Waals surface area contributed by atoms with Gasteiger partial charge in [0, 0.05) is 28.6 Å². The highest BCUT2D eigenvalue weighted by Gasteiger charge is 2.26. The summed E-state index contributed by atoms with van der Waals surface area (Å²) in [6, 6.07) is 13.1. The molecule has 1 aliphatic rings. The minimum absolute atomic E-state index is 0.270. The summed E-state index contributed by atoms with van der Waals surface area (Å²) >= 11 is 3.45. The Balaban J connectivity index is 1.60. The number of benzene rings is 2. The molecule has 148 valence electrons. The predicted octanol–water partition coefficient (Wildman–Crippen LogP) is 4.66. The van der Waals surface area contributed by atoms with E-state index in [9.17, 15) is 4.79 Å². The first kappa shape index (κ1) is 19.4. The minimum atomic E-state index is -0.270. The van der Waals surface area contributed by atoms with Gasteiger partial charge in [-0.15, -0.1) is 0 Å². The molecule has 3 aromatic rings. The molecule has 0 atom stereocenters. The number of methoxy groups -OCH3 is 2. The van der Waals surface area contributed by atoms with Crippen molar-refractivity contribution < 1.29 is 14.3 Å². The Bertz CT molecular complexity index is 1110. The fraction of sp³-hybridized carbons (Fsp3) is 0.227. The van der Waals surface area contributed by atoms with E-state index < -0.39 is 0 Å². The Morgan fingerprint density at radius 3 is 2.66 bits per heavy atom. The maximum Gasteiger partial charge on any atom is 0.272 e. The van der Waals surface area contributed by atoms with E-state index in [1.54, 1.807) is 26.5 Å². The lowest BCUT2D eigenvalue weighted by Gasteiger charge is -2.10. The first-order chi connectivity index (χ1) is 14.1. The third-order valence-electron chi connectivity index (χ3n) is 4.85. The van der Waals surface area contributed by atoms with Crippen molar-refractivity contribution >= 4 is 39.0 Å². The summed E-state index contributed by atoms with van der Waals surface area (Å²) in [6.07, 6.45) is 3.79. The van der Waals surface area contributed by atoms with E-state index in [0.29, 0.717) is 28.5 Å². The van der Waals surface area contributed by atoms with E-state index in [0.717, 1.165) is 33.9 Å². The van der Waals surface area contributed by atoms with Crippen molar-refractivity contribution in [3.63, 3.8) is 0 Å². The Kier molecular flexibility index (Phi) is 5.49. The number of ether oxygens (including phenoxy) is 2. The van der Waals surface area contributed by atoms with E-state index in [-0.39, 0.29) is 5.91 Å². The molecule has 6 nitrogen and oxygen atoms in total. The van der Waals surface area contributed by atoms with E-state index in [1.807, 2.05) is 36.4 Å². The normalized spacial score (nSPS) is 13.6. The van der Waals surface area contributed by atoms with Crippen LogP contribution < -0.4 is 14.9 Å². The minimum Gasteiger partial charge on any atom is -0.496 e. The van der Waals surface area contributed by atoms with Crippen LogP contribution in [0.15, 0.2) is 52.0 Å². The number of pyridine rings is 1. The topological polar surface area (TPSA) is 72.8 Å². The molecule has 1 saturated carbocycles. The highest BCUT2D eigenvalue weighted by atomic mass is 79.9. The number of aromatic nitrogens is 1. The largest absolute Gasteiger partial charge is 0.496 e. The molecule has 0 bridgehead atoms. The molecule has 0 aliphatic heterocycles. The zero-order valence-corrected chi connectivity index (χ0v) is 17.7. The Morgan fingerprint density at radius 1 is 1.17 bits per heavy atom. The van der Waals surface area contributed by atoms with Gasteiger partial charge in [0.2, 0.25) is 0 Å². The molecule has 0 spiro atoms. The van der Waals surface area contributed by atoms with Gasteiger partial charge in [-0.1, -0.05) is 18.2 Å². The van der Waals surface area contributed by atoms with Crippen LogP contribution in [0.2, 0.25) is 0 Å². The van der Waals surface area contributed by atoms with Gasteiger partial charge in [0.25, 0.3) is 5.91 Å². The summed E-state index contributed by atoms with van der Waals surface area (Å²) < 4.78 is 11.4. The molecular weight excluding hydrogens is 434 g/mol. The van der Waals surface area contributed by atoms with Gasteiger partial charge in [-0.2, -0.15) is 5.10 Å². The third kappa shape index (κ3) is 4.10. The summed E-state index contributed by atoms with van der Waals surface area (Å²) in [4.78, 5) is 17.6. The lowest BCUT2D eigenvalue weighted by molar-refractivity contribution is 0.0956. The molecule has 1 aliphatic carbocycles. The maximum atomic E-state index is 12.9. The number of hydrogen-bond acceptors (Lipinski definition) is 5. The standard InChI is InChI=1S/C22H20BrN3O3/c1-28-20-11-21(29-2)17(23)9-14(20)12-24-26-22(27)16-10-19(13-7-8-13)25-18-6-4-3-5-15(16)18/h3-6,9-13H,7-8H2,1-2H3,(H,26,27). The zero-order valence-electron chi connectivity index (χ0n) is 16.1. The van der Waals surface area contributed by atoms with Crippen molar-refractivity contribution in [3.05, 3.63) is 63.8 Å². The van der Waals surface area contributed by atoms with Gasteiger partial charge in [-0.25, -0.2) is 5.43 Å². The van der Waals surface area contributed by atoms with E-state index in [1.165, 1.54) is 0 Å². The third-order valence-corrected chi connectivity index (χ3v) is 5.47. The van der Waals surface area contributed by atoms with E-state index in [4.69, 9.17) is 14.5 Å². The SMILES string of the molecule is COc1cc(OC)c(C=NNC(=O)c2cc(C3CC3)nc3ccccc23)cc1Br. The van der Waals surface area contributed by atoms with Crippen LogP contribution in [0.25, 0.3) is 10.9 Å². The first-order valence-electron chi connectivity index (χ1n) is 9.25. The summed E-state index contributed by atoms with van der Waals surface area (Å²) in [7, 11) is 3.16. The van der Waals surface area contributed by atoms with Crippen molar-refractivity contribution in [1.82, 2.24) is 10.4 Å². The molecule has 1 amide bonds. The highest BCUT2D eigenvalue weighted by molar-refractivity contribution is 9.10. The summed E-state index contributed by atoms with van der Waals surface area (Å²) in [5.41, 5.74) is 5.71. The van der Waals surface area contributed by atoms with Gasteiger partial charge < -0.3 is 9.47 Å². The van der Waals surface area contributed by atoms with Crippen molar-refractivity contribution in [2.75, 3.05) is 14.2 Å². The van der Waals surface area contributed by atoms with Gasteiger partial charge in [-0.05, 0) is 47.0 Å². The second kappa shape index (κ2) is 8.21. The molecule has 1 aromatic heterocycles. The number of nitrogens with zero attached hydrogens (tertiary/aromatic N) is 2. The van der Waals surface area contributed by atoms with Crippen LogP contribution >= 0.6 is 15.9 Å². The fourth-order valence-electron chi connectivity index (χ4n) is 3.18. The monoisotopic (exact) mass is 453 g/mol. The van der Waals surface area contributed by atoms with Gasteiger partial charge in [0.1, 0.15) is 11.5 Å². The van der Waals surface area contributed by atoms with Crippen molar-refractivity contribution in [2.24, 2.45) is 5.10 Å². The average molecular weight is 454 g/mol. The van der Waals surface area contributed by atoms with Crippen molar-refractivity contribution in [1.29, 1.82) is 0 Å². The average Bonchev–Trinajstić information content (AvgIpc) is 3.58. The lowest BCUT2D eigenvalue weighted by atomic mass is 10.1. The second-order valence-electron chi connectivity index (χ2n) is 6.81. The van der Waals surface area contributed by atoms with Crippen LogP contribution in [-0.4, -0.2) is 31.3 Å². The maximum absolute atomic E-state index is 12.9. The van der Waals surface area contributed by atoms with E-state index in [2.05, 4.69) is 26.5 Å². The summed E-state index contributed by atoms with van der Waals surface area (Å²) in [5, 5.41) is 4.95. The van der Waals surface area contributed by atoms with Gasteiger partial charge in [-0.3, -0.25) is 9.78 Å². The van der Waals surface area contributed by atoms with Crippen LogP contribution in [0.3, 0.4) is 0 Å². The molecule has 1 fully saturated rings. The lowest BCUT2D eigenvalue weighted by Crippen LogP contribution is -2.18. The number of carbonyl (C=O) groups excluding carboxylic acids is 1. The van der Waals surface area contributed by atoms with Gasteiger partial charge in [0.15, 0.2) is 0 Å². The van der Waals surface area contributed by atoms with Crippen LogP contribution in [-0.2, 0) is 0 Å². The number of hydrazone groups is 1. The molecule has 0 saturated heterocycles. The number of carbonyl (C=O) groups is 1. The molecular formula is C22H20BrN3O3. The van der Waals surface area contributed by atoms with Crippen molar-refractivity contribution in [3.8, 4) is 11.5 Å². The quantitative estimate of drug-likeness (QED) is 0.435. The van der Waals surface area contributed by atoms with Crippen molar-refractivity contribution in [2.45, 2.75) is 18.8 Å². The molecule has 0 unspecified atom stereocenters. The van der Waals surface area contributed by atoms with Crippen LogP contribution in [0.5, 0.6) is 11.5 Å². The molecule has 1 heterocycles. The fourth-order valence-corrected chi connectivity index (χ4v) is 3.70. The Morgan fingerprint density at radius 2 is 1.93 bits per heavy atom. The number of amides is 1. The predicted molar refractivity (Wildman–Crippen MR) is 116 cm³/mol. The van der Waals surface area contributed by atoms with Crippen LogP contribution in [0.1, 0.15) is 40.4 Å². The van der Waals surface area contributed by atoms with Gasteiger partial charge in [0.05, 0.1) is 36.0 Å².